The minimum Gasteiger partial charge on any atom is -0.550 e. The lowest BCUT2D eigenvalue weighted by molar-refractivity contribution is -0.873. The van der Waals surface area contributed by atoms with Crippen molar-refractivity contribution in [1.82, 2.24) is 10.2 Å². The van der Waals surface area contributed by atoms with Crippen LogP contribution < -0.4 is 10.4 Å². The fourth-order valence-corrected chi connectivity index (χ4v) is 5.92. The molecular weight excluding hydrogens is 446 g/mol. The number of benzene rings is 1. The van der Waals surface area contributed by atoms with Crippen molar-refractivity contribution < 1.29 is 33.5 Å². The minimum absolute atomic E-state index is 0.160. The van der Waals surface area contributed by atoms with E-state index < -0.39 is 41.3 Å². The number of carboxylic acids is 1. The first-order valence-electron chi connectivity index (χ1n) is 10.8. The number of fused-ring (bicyclic) bond motifs is 1. The van der Waals surface area contributed by atoms with Crippen molar-refractivity contribution in [3.8, 4) is 0 Å². The highest BCUT2D eigenvalue weighted by molar-refractivity contribution is 8.01. The van der Waals surface area contributed by atoms with Gasteiger partial charge in [0, 0.05) is 17.1 Å². The zero-order valence-electron chi connectivity index (χ0n) is 19.6. The molecule has 0 saturated carbocycles. The maximum Gasteiger partial charge on any atom is 0.330 e. The van der Waals surface area contributed by atoms with E-state index in [4.69, 9.17) is 4.74 Å². The van der Waals surface area contributed by atoms with Crippen molar-refractivity contribution in [2.75, 3.05) is 27.7 Å². The van der Waals surface area contributed by atoms with Gasteiger partial charge in [0.1, 0.15) is 24.0 Å². The zero-order valence-corrected chi connectivity index (χ0v) is 20.4. The van der Waals surface area contributed by atoms with Crippen molar-refractivity contribution in [1.29, 1.82) is 0 Å². The first-order valence-corrected chi connectivity index (χ1v) is 11.7. The molecule has 0 aromatic heterocycles. The standard InChI is InChI=1S/C23H31N3O6S/c1-23(2)19(22(31)32-15(12-17(28)29)13-26(3,4)5)25-20(30)18(21(25)33-23)24-16(27)11-14-9-7-6-8-10-14/h6-10,15,18-19,21H,11-13H2,1-5H3,(H-,24,27,28,29)/t15?,18-,19+,21-/m1/s1. The van der Waals surface area contributed by atoms with Crippen LogP contribution in [0, 0.1) is 0 Å². The molecule has 0 bridgehead atoms. The fraction of sp³-hybridized carbons (Fsp3) is 0.565. The van der Waals surface area contributed by atoms with E-state index in [1.807, 2.05) is 65.3 Å². The third-order valence-electron chi connectivity index (χ3n) is 5.62. The van der Waals surface area contributed by atoms with Crippen LogP contribution in [-0.4, -0.2) is 89.1 Å². The molecule has 1 unspecified atom stereocenters. The number of hydrogen-bond acceptors (Lipinski definition) is 7. The number of β-lactam (4-membered cyclic amide) rings is 1. The number of thioether (sulfide) groups is 1. The van der Waals surface area contributed by atoms with E-state index in [1.54, 1.807) is 0 Å². The first-order chi connectivity index (χ1) is 15.3. The van der Waals surface area contributed by atoms with Crippen LogP contribution in [0.2, 0.25) is 0 Å². The molecule has 10 heteroatoms. The van der Waals surface area contributed by atoms with Gasteiger partial charge >= 0.3 is 5.97 Å². The van der Waals surface area contributed by atoms with Crippen LogP contribution in [0.25, 0.3) is 0 Å². The summed E-state index contributed by atoms with van der Waals surface area (Å²) in [6.07, 6.45) is -1.13. The summed E-state index contributed by atoms with van der Waals surface area (Å²) in [5, 5.41) is 13.6. The van der Waals surface area contributed by atoms with Gasteiger partial charge in [0.2, 0.25) is 11.8 Å². The molecule has 1 N–H and O–H groups in total. The highest BCUT2D eigenvalue weighted by atomic mass is 32.2. The van der Waals surface area contributed by atoms with Gasteiger partial charge in [-0.25, -0.2) is 4.79 Å². The van der Waals surface area contributed by atoms with Crippen LogP contribution in [0.1, 0.15) is 25.8 Å². The highest BCUT2D eigenvalue weighted by Crippen LogP contribution is 2.51. The Bertz CT molecular complexity index is 930. The van der Waals surface area contributed by atoms with Crippen molar-refractivity contribution in [3.05, 3.63) is 35.9 Å². The Balaban J connectivity index is 1.67. The van der Waals surface area contributed by atoms with Crippen LogP contribution in [0.5, 0.6) is 0 Å². The average molecular weight is 478 g/mol. The molecule has 3 rings (SSSR count). The number of quaternary nitrogens is 1. The maximum atomic E-state index is 13.1. The van der Waals surface area contributed by atoms with Gasteiger partial charge < -0.3 is 29.3 Å². The molecule has 0 spiro atoms. The Morgan fingerprint density at radius 3 is 2.42 bits per heavy atom. The molecule has 2 amide bonds. The van der Waals surface area contributed by atoms with Gasteiger partial charge in [0.15, 0.2) is 6.10 Å². The van der Waals surface area contributed by atoms with E-state index in [0.717, 1.165) is 5.56 Å². The Morgan fingerprint density at radius 2 is 1.85 bits per heavy atom. The number of amides is 2. The molecule has 2 saturated heterocycles. The van der Waals surface area contributed by atoms with Crippen molar-refractivity contribution in [2.45, 2.75) is 55.0 Å². The van der Waals surface area contributed by atoms with Gasteiger partial charge in [-0.2, -0.15) is 0 Å². The van der Waals surface area contributed by atoms with Gasteiger partial charge in [-0.15, -0.1) is 11.8 Å². The SMILES string of the molecule is CC1(C)S[C@@H]2[C@H](NC(=O)Cc3ccccc3)C(=O)N2[C@H]1C(=O)OC(CC(=O)[O-])C[N+](C)(C)C. The number of carboxylic acid groups (broad SMARTS) is 1. The van der Waals surface area contributed by atoms with Gasteiger partial charge in [0.25, 0.3) is 0 Å². The number of hydrogen-bond donors (Lipinski definition) is 1. The number of nitrogens with one attached hydrogen (secondary N) is 1. The molecule has 33 heavy (non-hydrogen) atoms. The minimum atomic E-state index is -1.31. The summed E-state index contributed by atoms with van der Waals surface area (Å²) in [6.45, 7) is 3.97. The molecule has 2 aliphatic rings. The molecule has 4 atom stereocenters. The average Bonchev–Trinajstić information content (AvgIpc) is 2.93. The van der Waals surface area contributed by atoms with Gasteiger partial charge in [-0.05, 0) is 19.4 Å². The van der Waals surface area contributed by atoms with E-state index in [0.29, 0.717) is 4.48 Å². The second-order valence-electron chi connectivity index (χ2n) is 10.1. The van der Waals surface area contributed by atoms with E-state index in [-0.39, 0.29) is 30.2 Å². The van der Waals surface area contributed by atoms with Crippen LogP contribution in [0.4, 0.5) is 0 Å². The molecule has 0 aliphatic carbocycles. The number of aliphatic carboxylic acids is 1. The molecule has 2 heterocycles. The monoisotopic (exact) mass is 477 g/mol. The van der Waals surface area contributed by atoms with Crippen molar-refractivity contribution in [2.24, 2.45) is 0 Å². The van der Waals surface area contributed by atoms with E-state index in [9.17, 15) is 24.3 Å². The van der Waals surface area contributed by atoms with Gasteiger partial charge in [-0.3, -0.25) is 9.59 Å². The quantitative estimate of drug-likeness (QED) is 0.291. The molecule has 2 aliphatic heterocycles. The van der Waals surface area contributed by atoms with Gasteiger partial charge in [-0.1, -0.05) is 30.3 Å². The zero-order chi connectivity index (χ0) is 24.6. The molecule has 1 aromatic carbocycles. The normalized spacial score (nSPS) is 24.5. The lowest BCUT2D eigenvalue weighted by Gasteiger charge is -2.44. The summed E-state index contributed by atoms with van der Waals surface area (Å²) in [7, 11) is 5.59. The van der Waals surface area contributed by atoms with Crippen LogP contribution >= 0.6 is 11.8 Å². The third kappa shape index (κ3) is 5.86. The number of carbonyl (C=O) groups is 4. The highest BCUT2D eigenvalue weighted by Gasteiger charge is 2.64. The number of rotatable bonds is 9. The fourth-order valence-electron chi connectivity index (χ4n) is 4.30. The molecule has 2 fully saturated rings. The number of esters is 1. The predicted octanol–water partition coefficient (Wildman–Crippen LogP) is -0.466. The van der Waals surface area contributed by atoms with Crippen molar-refractivity contribution >= 4 is 35.5 Å². The van der Waals surface area contributed by atoms with Crippen LogP contribution in [0.15, 0.2) is 30.3 Å². The number of nitrogens with zero attached hydrogens (tertiary/aromatic N) is 2. The topological polar surface area (TPSA) is 116 Å². The summed E-state index contributed by atoms with van der Waals surface area (Å²) in [4.78, 5) is 51.1. The molecule has 1 aromatic rings. The number of likely N-dealkylation sites (N-methyl/N-ethyl adjacent to an activating group) is 1. The number of carbonyl (C=O) groups excluding carboxylic acids is 4. The largest absolute Gasteiger partial charge is 0.550 e. The molecule has 180 valence electrons. The van der Waals surface area contributed by atoms with E-state index in [1.165, 1.54) is 16.7 Å². The first kappa shape index (κ1) is 25.0. The lowest BCUT2D eigenvalue weighted by atomic mass is 9.95. The van der Waals surface area contributed by atoms with Crippen LogP contribution in [-0.2, 0) is 30.3 Å². The van der Waals surface area contributed by atoms with E-state index >= 15 is 0 Å². The molecule has 9 nitrogen and oxygen atoms in total. The summed E-state index contributed by atoms with van der Waals surface area (Å²) in [6, 6.07) is 7.64. The summed E-state index contributed by atoms with van der Waals surface area (Å²) < 4.78 is 5.31. The Morgan fingerprint density at radius 1 is 1.21 bits per heavy atom. The molecular formula is C23H31N3O6S. The second kappa shape index (κ2) is 9.34. The third-order valence-corrected chi connectivity index (χ3v) is 7.19. The van der Waals surface area contributed by atoms with E-state index in [2.05, 4.69) is 5.32 Å². The summed E-state index contributed by atoms with van der Waals surface area (Å²) in [5.41, 5.74) is 0.843. The number of ether oxygens (including phenoxy) is 1. The Hall–Kier alpha value is -2.59. The Labute approximate surface area is 198 Å². The summed E-state index contributed by atoms with van der Waals surface area (Å²) >= 11 is 1.43. The second-order valence-corrected chi connectivity index (χ2v) is 11.8. The van der Waals surface area contributed by atoms with Crippen molar-refractivity contribution in [3.63, 3.8) is 0 Å². The van der Waals surface area contributed by atoms with Crippen LogP contribution in [0.3, 0.4) is 0 Å². The lowest BCUT2D eigenvalue weighted by Crippen LogP contribution is -2.71. The maximum absolute atomic E-state index is 13.1. The smallest absolute Gasteiger partial charge is 0.330 e. The Kier molecular flexibility index (Phi) is 7.09. The predicted molar refractivity (Wildman–Crippen MR) is 121 cm³/mol. The van der Waals surface area contributed by atoms with Gasteiger partial charge in [0.05, 0.1) is 27.6 Å². The molecule has 0 radical (unpaired) electrons. The summed E-state index contributed by atoms with van der Waals surface area (Å²) in [5.74, 6) is -2.55.